The van der Waals surface area contributed by atoms with E-state index in [0.717, 1.165) is 31.3 Å². The van der Waals surface area contributed by atoms with Crippen LogP contribution >= 0.6 is 0 Å². The molecule has 0 saturated carbocycles. The Hall–Kier alpha value is -3.69. The number of hydrogen-bond donors (Lipinski definition) is 0. The molecule has 9 nitrogen and oxygen atoms in total. The predicted octanol–water partition coefficient (Wildman–Crippen LogP) is 2.23. The molecule has 0 N–H and O–H groups in total. The molecule has 1 aromatic rings. The van der Waals surface area contributed by atoms with E-state index in [1.54, 1.807) is 0 Å². The van der Waals surface area contributed by atoms with E-state index in [2.05, 4.69) is 4.74 Å². The fourth-order valence-corrected chi connectivity index (χ4v) is 2.38. The molecule has 0 fully saturated rings. The molecule has 0 atom stereocenters. The number of nitro benzene ring substituents is 1. The van der Waals surface area contributed by atoms with Gasteiger partial charge in [0, 0.05) is 18.3 Å². The van der Waals surface area contributed by atoms with Crippen LogP contribution in [0.2, 0.25) is 0 Å². The summed E-state index contributed by atoms with van der Waals surface area (Å²) in [4.78, 5) is 35.8. The number of methoxy groups -OCH3 is 3. The van der Waals surface area contributed by atoms with Crippen LogP contribution in [0.1, 0.15) is 0 Å². The molecule has 0 saturated heterocycles. The summed E-state index contributed by atoms with van der Waals surface area (Å²) < 4.78 is 28.5. The van der Waals surface area contributed by atoms with E-state index < -0.39 is 28.4 Å². The van der Waals surface area contributed by atoms with Crippen LogP contribution in [-0.2, 0) is 19.1 Å². The van der Waals surface area contributed by atoms with Crippen molar-refractivity contribution in [1.82, 2.24) is 0 Å². The number of allylic oxidation sites excluding steroid dienone is 2. The zero-order valence-corrected chi connectivity index (χ0v) is 14.6. The summed E-state index contributed by atoms with van der Waals surface area (Å²) in [5.74, 6) is -2.97. The number of rotatable bonds is 5. The molecule has 1 heterocycles. The summed E-state index contributed by atoms with van der Waals surface area (Å²) >= 11 is 0. The van der Waals surface area contributed by atoms with E-state index in [9.17, 15) is 24.1 Å². The van der Waals surface area contributed by atoms with Gasteiger partial charge in [-0.2, -0.15) is 4.39 Å². The van der Waals surface area contributed by atoms with Gasteiger partial charge in [0.2, 0.25) is 5.82 Å². The maximum Gasteiger partial charge on any atom is 0.355 e. The lowest BCUT2D eigenvalue weighted by molar-refractivity contribution is -0.387. The highest BCUT2D eigenvalue weighted by molar-refractivity contribution is 6.05. The molecule has 0 bridgehead atoms. The first-order valence-electron chi connectivity index (χ1n) is 7.42. The minimum Gasteiger partial charge on any atom is -0.494 e. The SMILES string of the molecule is COC(=O)C1=C(C(=O)OC)N(c2cc([N+](=O)[O-])c(F)cc2OC)C=CC=C1. The number of ether oxygens (including phenoxy) is 3. The van der Waals surface area contributed by atoms with Crippen molar-refractivity contribution in [2.45, 2.75) is 0 Å². The van der Waals surface area contributed by atoms with Gasteiger partial charge in [0.05, 0.1) is 37.5 Å². The number of carbonyl (C=O) groups excluding carboxylic acids is 2. The Balaban J connectivity index is 2.81. The van der Waals surface area contributed by atoms with Crippen molar-refractivity contribution < 1.29 is 33.1 Å². The third-order valence-corrected chi connectivity index (χ3v) is 3.59. The van der Waals surface area contributed by atoms with E-state index in [1.165, 1.54) is 31.5 Å². The van der Waals surface area contributed by atoms with Gasteiger partial charge in [0.1, 0.15) is 11.4 Å². The molecule has 0 unspecified atom stereocenters. The minimum atomic E-state index is -1.12. The Morgan fingerprint density at radius 3 is 2.33 bits per heavy atom. The van der Waals surface area contributed by atoms with Gasteiger partial charge in [-0.05, 0) is 12.2 Å². The fourth-order valence-electron chi connectivity index (χ4n) is 2.38. The highest BCUT2D eigenvalue weighted by atomic mass is 19.1. The smallest absolute Gasteiger partial charge is 0.355 e. The summed E-state index contributed by atoms with van der Waals surface area (Å²) in [6.45, 7) is 0. The molecule has 2 rings (SSSR count). The molecule has 0 aliphatic carbocycles. The van der Waals surface area contributed by atoms with Crippen LogP contribution in [0.25, 0.3) is 0 Å². The monoisotopic (exact) mass is 378 g/mol. The zero-order valence-electron chi connectivity index (χ0n) is 14.6. The van der Waals surface area contributed by atoms with Crippen LogP contribution in [0.5, 0.6) is 5.75 Å². The van der Waals surface area contributed by atoms with E-state index in [0.29, 0.717) is 0 Å². The quantitative estimate of drug-likeness (QED) is 0.436. The van der Waals surface area contributed by atoms with Crippen molar-refractivity contribution in [3.8, 4) is 5.75 Å². The van der Waals surface area contributed by atoms with Crippen molar-refractivity contribution in [2.24, 2.45) is 0 Å². The standard InChI is InChI=1S/C17H15FN2O7/c1-25-14-8-11(18)12(20(23)24)9-13(14)19-7-5-4-6-10(16(21)26-2)15(19)17(22)27-3/h4-9H,1-3H3. The number of nitro groups is 1. The highest BCUT2D eigenvalue weighted by Crippen LogP contribution is 2.38. The van der Waals surface area contributed by atoms with Crippen LogP contribution in [0.15, 0.2) is 47.8 Å². The molecule has 10 heteroatoms. The number of esters is 2. The number of hydrogen-bond acceptors (Lipinski definition) is 8. The molecule has 0 spiro atoms. The fraction of sp³-hybridized carbons (Fsp3) is 0.176. The first-order chi connectivity index (χ1) is 12.8. The van der Waals surface area contributed by atoms with Gasteiger partial charge in [-0.1, -0.05) is 6.08 Å². The van der Waals surface area contributed by atoms with Crippen molar-refractivity contribution in [2.75, 3.05) is 26.2 Å². The summed E-state index contributed by atoms with van der Waals surface area (Å²) in [5.41, 5.74) is -1.33. The average Bonchev–Trinajstić information content (AvgIpc) is 2.88. The van der Waals surface area contributed by atoms with Gasteiger partial charge in [-0.25, -0.2) is 9.59 Å². The first kappa shape index (κ1) is 19.6. The molecular weight excluding hydrogens is 363 g/mol. The summed E-state index contributed by atoms with van der Waals surface area (Å²) in [5, 5.41) is 11.1. The van der Waals surface area contributed by atoms with Crippen molar-refractivity contribution in [1.29, 1.82) is 0 Å². The Morgan fingerprint density at radius 1 is 1.11 bits per heavy atom. The summed E-state index contributed by atoms with van der Waals surface area (Å²) in [6, 6.07) is 1.70. The number of carbonyl (C=O) groups is 2. The highest BCUT2D eigenvalue weighted by Gasteiger charge is 2.31. The van der Waals surface area contributed by atoms with Crippen LogP contribution in [0, 0.1) is 15.9 Å². The predicted molar refractivity (Wildman–Crippen MR) is 91.4 cm³/mol. The van der Waals surface area contributed by atoms with Gasteiger partial charge in [0.25, 0.3) is 0 Å². The average molecular weight is 378 g/mol. The van der Waals surface area contributed by atoms with Crippen molar-refractivity contribution in [3.63, 3.8) is 0 Å². The summed E-state index contributed by atoms with van der Waals surface area (Å²) in [7, 11) is 3.46. The zero-order chi connectivity index (χ0) is 20.1. The second-order valence-corrected chi connectivity index (χ2v) is 5.05. The third kappa shape index (κ3) is 3.78. The Morgan fingerprint density at radius 2 is 1.78 bits per heavy atom. The van der Waals surface area contributed by atoms with E-state index in [4.69, 9.17) is 9.47 Å². The van der Waals surface area contributed by atoms with E-state index in [1.807, 2.05) is 0 Å². The van der Waals surface area contributed by atoms with Gasteiger partial charge in [-0.15, -0.1) is 0 Å². The molecule has 1 aromatic carbocycles. The Labute approximate surface area is 153 Å². The van der Waals surface area contributed by atoms with E-state index >= 15 is 0 Å². The summed E-state index contributed by atoms with van der Waals surface area (Å²) in [6.07, 6.45) is 5.59. The second kappa shape index (κ2) is 8.13. The normalized spacial score (nSPS) is 13.3. The topological polar surface area (TPSA) is 108 Å². The molecule has 1 aliphatic heterocycles. The van der Waals surface area contributed by atoms with Gasteiger partial charge >= 0.3 is 17.6 Å². The first-order valence-corrected chi connectivity index (χ1v) is 7.42. The van der Waals surface area contributed by atoms with Crippen LogP contribution in [0.3, 0.4) is 0 Å². The van der Waals surface area contributed by atoms with Crippen LogP contribution in [0.4, 0.5) is 15.8 Å². The second-order valence-electron chi connectivity index (χ2n) is 5.05. The number of halogens is 1. The van der Waals surface area contributed by atoms with Gasteiger partial charge < -0.3 is 19.1 Å². The maximum absolute atomic E-state index is 13.9. The lowest BCUT2D eigenvalue weighted by atomic mass is 10.1. The molecule has 142 valence electrons. The lowest BCUT2D eigenvalue weighted by Crippen LogP contribution is -2.27. The van der Waals surface area contributed by atoms with Crippen molar-refractivity contribution >= 4 is 23.3 Å². The number of nitrogens with zero attached hydrogens (tertiary/aromatic N) is 2. The van der Waals surface area contributed by atoms with Gasteiger partial charge in [0.15, 0.2) is 0 Å². The molecule has 0 amide bonds. The van der Waals surface area contributed by atoms with Crippen LogP contribution < -0.4 is 9.64 Å². The molecular formula is C17H15FN2O7. The van der Waals surface area contributed by atoms with E-state index in [-0.39, 0.29) is 22.7 Å². The minimum absolute atomic E-state index is 0.0487. The van der Waals surface area contributed by atoms with Crippen molar-refractivity contribution in [3.05, 3.63) is 63.8 Å². The Bertz CT molecular complexity index is 890. The lowest BCUT2D eigenvalue weighted by Gasteiger charge is -2.24. The molecule has 0 aromatic heterocycles. The maximum atomic E-state index is 13.9. The third-order valence-electron chi connectivity index (χ3n) is 3.59. The van der Waals surface area contributed by atoms with Crippen LogP contribution in [-0.4, -0.2) is 38.2 Å². The Kier molecular flexibility index (Phi) is 5.91. The molecule has 1 aliphatic rings. The molecule has 27 heavy (non-hydrogen) atoms. The van der Waals surface area contributed by atoms with Gasteiger partial charge in [-0.3, -0.25) is 10.1 Å². The molecule has 0 radical (unpaired) electrons. The largest absolute Gasteiger partial charge is 0.494 e. The number of benzene rings is 1. The number of anilines is 1.